The molecule has 1 aromatic rings. The van der Waals surface area contributed by atoms with Crippen LogP contribution in [0.1, 0.15) is 12.5 Å². The summed E-state index contributed by atoms with van der Waals surface area (Å²) in [5.41, 5.74) is 6.50. The number of phenolic OH excluding ortho intramolecular Hbond substituents is 1. The Bertz CT molecular complexity index is 271. The number of rotatable bonds is 2. The van der Waals surface area contributed by atoms with E-state index in [1.54, 1.807) is 25.1 Å². The van der Waals surface area contributed by atoms with E-state index in [9.17, 15) is 5.11 Å². The number of aliphatic hydroxyl groups excluding tert-OH is 1. The van der Waals surface area contributed by atoms with Gasteiger partial charge in [-0.2, -0.15) is 0 Å². The molecule has 0 unspecified atom stereocenters. The molecule has 4 N–H and O–H groups in total. The van der Waals surface area contributed by atoms with E-state index in [4.69, 9.17) is 10.8 Å². The number of benzene rings is 1. The van der Waals surface area contributed by atoms with Gasteiger partial charge < -0.3 is 15.9 Å². The van der Waals surface area contributed by atoms with Crippen LogP contribution in [0, 0.1) is 0 Å². The smallest absolute Gasteiger partial charge is 0.141 e. The van der Waals surface area contributed by atoms with E-state index in [1.807, 2.05) is 0 Å². The number of nitrogens with two attached hydrogens (primary N) is 1. The highest BCUT2D eigenvalue weighted by atomic mass is 16.3. The highest BCUT2D eigenvalue weighted by molar-refractivity contribution is 5.55. The first-order valence-corrected chi connectivity index (χ1v) is 3.85. The second-order valence-electron chi connectivity index (χ2n) is 2.91. The van der Waals surface area contributed by atoms with Gasteiger partial charge in [-0.05, 0) is 18.6 Å². The van der Waals surface area contributed by atoms with E-state index >= 15 is 0 Å². The lowest BCUT2D eigenvalue weighted by molar-refractivity contribution is 0.194. The van der Waals surface area contributed by atoms with Crippen LogP contribution in [-0.4, -0.2) is 16.3 Å². The summed E-state index contributed by atoms with van der Waals surface area (Å²) in [6, 6.07) is 5.13. The summed E-state index contributed by atoms with van der Waals surface area (Å²) in [6.07, 6.45) is -0.0330. The maximum Gasteiger partial charge on any atom is 0.141 e. The zero-order valence-corrected chi connectivity index (χ0v) is 6.99. The van der Waals surface area contributed by atoms with Gasteiger partial charge in [0.05, 0.1) is 11.8 Å². The van der Waals surface area contributed by atoms with Gasteiger partial charge in [0.25, 0.3) is 0 Å². The zero-order chi connectivity index (χ0) is 9.14. The highest BCUT2D eigenvalue weighted by Crippen LogP contribution is 2.25. The Hall–Kier alpha value is -1.22. The van der Waals surface area contributed by atoms with Crippen LogP contribution in [-0.2, 0) is 6.42 Å². The third-order valence-electron chi connectivity index (χ3n) is 1.67. The van der Waals surface area contributed by atoms with Crippen LogP contribution in [0.2, 0.25) is 0 Å². The van der Waals surface area contributed by atoms with Gasteiger partial charge in [0, 0.05) is 6.42 Å². The molecular formula is C9H13NO2. The first-order valence-electron chi connectivity index (χ1n) is 3.85. The highest BCUT2D eigenvalue weighted by Gasteiger charge is 2.06. The summed E-state index contributed by atoms with van der Waals surface area (Å²) < 4.78 is 0. The minimum atomic E-state index is -0.460. The second kappa shape index (κ2) is 3.45. The van der Waals surface area contributed by atoms with E-state index in [2.05, 4.69) is 0 Å². The number of aliphatic hydroxyl groups is 1. The second-order valence-corrected chi connectivity index (χ2v) is 2.91. The van der Waals surface area contributed by atoms with Crippen molar-refractivity contribution >= 4 is 5.69 Å². The summed E-state index contributed by atoms with van der Waals surface area (Å²) >= 11 is 0. The quantitative estimate of drug-likeness (QED) is 0.453. The third kappa shape index (κ3) is 1.89. The Kier molecular flexibility index (Phi) is 2.55. The molecule has 3 heteroatoms. The molecule has 0 fully saturated rings. The van der Waals surface area contributed by atoms with Gasteiger partial charge in [0.1, 0.15) is 5.75 Å². The summed E-state index contributed by atoms with van der Waals surface area (Å²) in [5.74, 6) is 0.0819. The van der Waals surface area contributed by atoms with E-state index in [1.165, 1.54) is 0 Å². The van der Waals surface area contributed by atoms with E-state index < -0.39 is 6.10 Å². The zero-order valence-electron chi connectivity index (χ0n) is 6.99. The van der Waals surface area contributed by atoms with Gasteiger partial charge in [-0.3, -0.25) is 0 Å². The Morgan fingerprint density at radius 2 is 2.17 bits per heavy atom. The van der Waals surface area contributed by atoms with Gasteiger partial charge in [0.15, 0.2) is 0 Å². The molecule has 0 heterocycles. The molecule has 12 heavy (non-hydrogen) atoms. The molecule has 0 amide bonds. The Labute approximate surface area is 71.5 Å². The van der Waals surface area contributed by atoms with Crippen molar-refractivity contribution in [1.29, 1.82) is 0 Å². The molecule has 0 saturated heterocycles. The maximum absolute atomic E-state index is 9.41. The molecule has 1 aromatic carbocycles. The fourth-order valence-corrected chi connectivity index (χ4v) is 1.09. The van der Waals surface area contributed by atoms with E-state index in [-0.39, 0.29) is 5.75 Å². The molecule has 0 spiro atoms. The molecule has 0 saturated carbocycles. The van der Waals surface area contributed by atoms with Crippen molar-refractivity contribution < 1.29 is 10.2 Å². The summed E-state index contributed by atoms with van der Waals surface area (Å²) in [5, 5.41) is 18.5. The van der Waals surface area contributed by atoms with Crippen molar-refractivity contribution in [3.05, 3.63) is 23.8 Å². The lowest BCUT2D eigenvalue weighted by atomic mass is 10.1. The number of phenols is 1. The number of anilines is 1. The van der Waals surface area contributed by atoms with Crippen LogP contribution >= 0.6 is 0 Å². The SMILES string of the molecule is C[C@H](O)Cc1cccc(N)c1O. The van der Waals surface area contributed by atoms with Gasteiger partial charge in [-0.25, -0.2) is 0 Å². The molecule has 0 radical (unpaired) electrons. The topological polar surface area (TPSA) is 66.5 Å². The summed E-state index contributed by atoms with van der Waals surface area (Å²) in [4.78, 5) is 0. The molecule has 0 aliphatic carbocycles. The molecule has 0 aliphatic heterocycles. The summed E-state index contributed by atoms with van der Waals surface area (Å²) in [7, 11) is 0. The monoisotopic (exact) mass is 167 g/mol. The molecule has 66 valence electrons. The molecular weight excluding hydrogens is 154 g/mol. The third-order valence-corrected chi connectivity index (χ3v) is 1.67. The number of aromatic hydroxyl groups is 1. The van der Waals surface area contributed by atoms with E-state index in [0.717, 1.165) is 0 Å². The predicted octanol–water partition coefficient (Wildman–Crippen LogP) is 0.898. The average molecular weight is 167 g/mol. The lowest BCUT2D eigenvalue weighted by Gasteiger charge is -2.07. The first kappa shape index (κ1) is 8.87. The van der Waals surface area contributed by atoms with Gasteiger partial charge in [-0.1, -0.05) is 12.1 Å². The van der Waals surface area contributed by atoms with Crippen molar-refractivity contribution in [3.63, 3.8) is 0 Å². The van der Waals surface area contributed by atoms with Crippen molar-refractivity contribution in [2.45, 2.75) is 19.4 Å². The van der Waals surface area contributed by atoms with Crippen LogP contribution < -0.4 is 5.73 Å². The number of hydrogen-bond donors (Lipinski definition) is 3. The Morgan fingerprint density at radius 3 is 2.75 bits per heavy atom. The standard InChI is InChI=1S/C9H13NO2/c1-6(11)5-7-3-2-4-8(10)9(7)12/h2-4,6,11-12H,5,10H2,1H3/t6-/m0/s1. The first-order chi connectivity index (χ1) is 5.61. The van der Waals surface area contributed by atoms with Crippen molar-refractivity contribution in [3.8, 4) is 5.75 Å². The molecule has 1 atom stereocenters. The van der Waals surface area contributed by atoms with Gasteiger partial charge in [-0.15, -0.1) is 0 Å². The van der Waals surface area contributed by atoms with Gasteiger partial charge in [0.2, 0.25) is 0 Å². The minimum absolute atomic E-state index is 0.0819. The van der Waals surface area contributed by atoms with Crippen molar-refractivity contribution in [1.82, 2.24) is 0 Å². The van der Waals surface area contributed by atoms with Crippen LogP contribution in [0.3, 0.4) is 0 Å². The lowest BCUT2D eigenvalue weighted by Crippen LogP contribution is -2.04. The van der Waals surface area contributed by atoms with Crippen LogP contribution in [0.15, 0.2) is 18.2 Å². The van der Waals surface area contributed by atoms with Crippen LogP contribution in [0.25, 0.3) is 0 Å². The maximum atomic E-state index is 9.41. The number of nitrogen functional groups attached to an aromatic ring is 1. The molecule has 1 rings (SSSR count). The van der Waals surface area contributed by atoms with E-state index in [0.29, 0.717) is 17.7 Å². The average Bonchev–Trinajstić information content (AvgIpc) is 1.98. The largest absolute Gasteiger partial charge is 0.506 e. The van der Waals surface area contributed by atoms with Crippen molar-refractivity contribution in [2.24, 2.45) is 0 Å². The van der Waals surface area contributed by atoms with Crippen LogP contribution in [0.5, 0.6) is 5.75 Å². The minimum Gasteiger partial charge on any atom is -0.506 e. The molecule has 0 aliphatic rings. The number of hydrogen-bond acceptors (Lipinski definition) is 3. The van der Waals surface area contributed by atoms with Gasteiger partial charge >= 0.3 is 0 Å². The molecule has 3 nitrogen and oxygen atoms in total. The Morgan fingerprint density at radius 1 is 1.50 bits per heavy atom. The fraction of sp³-hybridized carbons (Fsp3) is 0.333. The normalized spacial score (nSPS) is 12.8. The predicted molar refractivity (Wildman–Crippen MR) is 47.9 cm³/mol. The summed E-state index contributed by atoms with van der Waals surface area (Å²) in [6.45, 7) is 1.67. The number of para-hydroxylation sites is 1. The molecule has 0 aromatic heterocycles. The van der Waals surface area contributed by atoms with Crippen molar-refractivity contribution in [2.75, 3.05) is 5.73 Å². The fourth-order valence-electron chi connectivity index (χ4n) is 1.09. The molecule has 0 bridgehead atoms. The van der Waals surface area contributed by atoms with Crippen LogP contribution in [0.4, 0.5) is 5.69 Å². The Balaban J connectivity index is 2.92.